The van der Waals surface area contributed by atoms with Crippen molar-refractivity contribution in [3.8, 4) is 0 Å². The molecule has 6 heteroatoms. The molecule has 0 amide bonds. The molecule has 0 bridgehead atoms. The van der Waals surface area contributed by atoms with E-state index in [0.29, 0.717) is 6.04 Å². The zero-order valence-electron chi connectivity index (χ0n) is 15.6. The quantitative estimate of drug-likeness (QED) is 0.434. The van der Waals surface area contributed by atoms with Crippen molar-refractivity contribution in [1.29, 1.82) is 0 Å². The Morgan fingerprint density at radius 3 is 2.71 bits per heavy atom. The summed E-state index contributed by atoms with van der Waals surface area (Å²) in [6, 6.07) is 0.554. The van der Waals surface area contributed by atoms with Crippen LogP contribution in [0.15, 0.2) is 17.4 Å². The van der Waals surface area contributed by atoms with Crippen LogP contribution in [0.25, 0.3) is 0 Å². The van der Waals surface area contributed by atoms with Gasteiger partial charge in [-0.15, -0.1) is 0 Å². The smallest absolute Gasteiger partial charge is 0.191 e. The Morgan fingerprint density at radius 1 is 1.29 bits per heavy atom. The highest BCUT2D eigenvalue weighted by Crippen LogP contribution is 2.10. The number of nitrogens with zero attached hydrogens (tertiary/aromatic N) is 4. The summed E-state index contributed by atoms with van der Waals surface area (Å²) >= 11 is 0. The molecule has 1 saturated heterocycles. The lowest BCUT2D eigenvalue weighted by molar-refractivity contribution is 0.206. The van der Waals surface area contributed by atoms with Gasteiger partial charge in [-0.3, -0.25) is 4.99 Å². The molecule has 24 heavy (non-hydrogen) atoms. The fraction of sp³-hybridized carbons (Fsp3) is 0.778. The van der Waals surface area contributed by atoms with Crippen LogP contribution in [0, 0.1) is 6.92 Å². The third kappa shape index (κ3) is 6.15. The summed E-state index contributed by atoms with van der Waals surface area (Å²) in [7, 11) is 1.86. The maximum absolute atomic E-state index is 4.36. The number of likely N-dealkylation sites (tertiary alicyclic amines) is 1. The number of rotatable bonds is 8. The Kier molecular flexibility index (Phi) is 8.08. The van der Waals surface area contributed by atoms with Crippen molar-refractivity contribution < 1.29 is 0 Å². The number of piperidine rings is 1. The van der Waals surface area contributed by atoms with Gasteiger partial charge in [0.05, 0.1) is 0 Å². The molecule has 6 nitrogen and oxygen atoms in total. The van der Waals surface area contributed by atoms with Gasteiger partial charge in [-0.05, 0) is 45.6 Å². The van der Waals surface area contributed by atoms with E-state index in [4.69, 9.17) is 0 Å². The van der Waals surface area contributed by atoms with Crippen LogP contribution in [0.2, 0.25) is 0 Å². The van der Waals surface area contributed by atoms with Crippen LogP contribution in [0.1, 0.15) is 44.9 Å². The molecule has 1 aromatic heterocycles. The zero-order valence-corrected chi connectivity index (χ0v) is 15.6. The minimum atomic E-state index is 0.554. The lowest BCUT2D eigenvalue weighted by atomic mass is 10.1. The maximum Gasteiger partial charge on any atom is 0.191 e. The van der Waals surface area contributed by atoms with Crippen LogP contribution >= 0.6 is 0 Å². The van der Waals surface area contributed by atoms with Crippen molar-refractivity contribution in [3.05, 3.63) is 18.2 Å². The molecule has 0 spiro atoms. The molecule has 2 rings (SSSR count). The molecule has 1 aromatic rings. The predicted molar refractivity (Wildman–Crippen MR) is 100 cm³/mol. The van der Waals surface area contributed by atoms with Crippen molar-refractivity contribution in [2.24, 2.45) is 4.99 Å². The van der Waals surface area contributed by atoms with Crippen molar-refractivity contribution in [2.75, 3.05) is 33.2 Å². The Morgan fingerprint density at radius 2 is 2.08 bits per heavy atom. The third-order valence-electron chi connectivity index (χ3n) is 4.73. The highest BCUT2D eigenvalue weighted by Gasteiger charge is 2.19. The van der Waals surface area contributed by atoms with Gasteiger partial charge < -0.3 is 20.1 Å². The average Bonchev–Trinajstić information content (AvgIpc) is 3.00. The van der Waals surface area contributed by atoms with Gasteiger partial charge >= 0.3 is 0 Å². The van der Waals surface area contributed by atoms with Gasteiger partial charge in [0.25, 0.3) is 0 Å². The average molecular weight is 335 g/mol. The van der Waals surface area contributed by atoms with E-state index in [9.17, 15) is 0 Å². The van der Waals surface area contributed by atoms with Gasteiger partial charge in [-0.25, -0.2) is 4.98 Å². The van der Waals surface area contributed by atoms with E-state index in [1.54, 1.807) is 0 Å². The number of nitrogens with one attached hydrogen (secondary N) is 2. The number of aliphatic imine (C=N–C) groups is 1. The first-order valence-corrected chi connectivity index (χ1v) is 9.40. The van der Waals surface area contributed by atoms with Crippen molar-refractivity contribution in [1.82, 2.24) is 25.1 Å². The fourth-order valence-corrected chi connectivity index (χ4v) is 3.26. The van der Waals surface area contributed by atoms with E-state index in [2.05, 4.69) is 43.9 Å². The number of guanidine groups is 1. The second kappa shape index (κ2) is 10.3. The standard InChI is InChI=1S/C18H34N6/c1-4-11-23-13-7-17(8-14-23)22-18(19-3)21-9-5-6-12-24-15-10-20-16(24)2/h10,15,17H,4-9,11-14H2,1-3H3,(H2,19,21,22). The number of imidazole rings is 1. The summed E-state index contributed by atoms with van der Waals surface area (Å²) in [5.41, 5.74) is 0. The third-order valence-corrected chi connectivity index (χ3v) is 4.73. The molecule has 0 aromatic carbocycles. The molecule has 0 atom stereocenters. The Bertz CT molecular complexity index is 487. The summed E-state index contributed by atoms with van der Waals surface area (Å²) in [6.07, 6.45) is 9.87. The van der Waals surface area contributed by atoms with E-state index in [1.807, 2.05) is 19.4 Å². The van der Waals surface area contributed by atoms with Crippen LogP contribution < -0.4 is 10.6 Å². The minimum Gasteiger partial charge on any atom is -0.356 e. The molecule has 136 valence electrons. The van der Waals surface area contributed by atoms with Gasteiger partial charge in [0, 0.05) is 51.7 Å². The predicted octanol–water partition coefficient (Wildman–Crippen LogP) is 2.01. The second-order valence-corrected chi connectivity index (χ2v) is 6.63. The molecule has 1 aliphatic heterocycles. The van der Waals surface area contributed by atoms with Gasteiger partial charge in [0.15, 0.2) is 5.96 Å². The highest BCUT2D eigenvalue weighted by atomic mass is 15.2. The molecule has 1 aliphatic rings. The first kappa shape index (κ1) is 18.8. The van der Waals surface area contributed by atoms with Gasteiger partial charge in [-0.1, -0.05) is 6.92 Å². The fourth-order valence-electron chi connectivity index (χ4n) is 3.26. The highest BCUT2D eigenvalue weighted by molar-refractivity contribution is 5.79. The molecule has 2 heterocycles. The molecule has 0 aliphatic carbocycles. The van der Waals surface area contributed by atoms with Crippen molar-refractivity contribution in [2.45, 2.75) is 58.5 Å². The van der Waals surface area contributed by atoms with E-state index >= 15 is 0 Å². The van der Waals surface area contributed by atoms with Crippen molar-refractivity contribution >= 4 is 5.96 Å². The Hall–Kier alpha value is -1.56. The Labute approximate surface area is 146 Å². The SMILES string of the molecule is CCCN1CCC(NC(=NC)NCCCCn2ccnc2C)CC1. The molecular formula is C18H34N6. The van der Waals surface area contributed by atoms with Crippen LogP contribution in [0.4, 0.5) is 0 Å². The molecule has 0 saturated carbocycles. The largest absolute Gasteiger partial charge is 0.356 e. The number of aryl methyl sites for hydroxylation is 2. The Balaban J connectivity index is 1.58. The van der Waals surface area contributed by atoms with Gasteiger partial charge in [-0.2, -0.15) is 0 Å². The number of unbranched alkanes of at least 4 members (excludes halogenated alkanes) is 1. The van der Waals surface area contributed by atoms with Crippen LogP contribution in [0.3, 0.4) is 0 Å². The summed E-state index contributed by atoms with van der Waals surface area (Å²) < 4.78 is 2.21. The summed E-state index contributed by atoms with van der Waals surface area (Å²) in [4.78, 5) is 11.2. The van der Waals surface area contributed by atoms with E-state index in [0.717, 1.165) is 37.7 Å². The normalized spacial score (nSPS) is 17.2. The van der Waals surface area contributed by atoms with Crippen LogP contribution in [0.5, 0.6) is 0 Å². The van der Waals surface area contributed by atoms with Gasteiger partial charge in [0.1, 0.15) is 5.82 Å². The topological polar surface area (TPSA) is 57.5 Å². The molecule has 0 unspecified atom stereocenters. The lowest BCUT2D eigenvalue weighted by Gasteiger charge is -2.32. The lowest BCUT2D eigenvalue weighted by Crippen LogP contribution is -2.48. The van der Waals surface area contributed by atoms with E-state index in [-0.39, 0.29) is 0 Å². The van der Waals surface area contributed by atoms with E-state index in [1.165, 1.54) is 38.9 Å². The first-order chi connectivity index (χ1) is 11.7. The monoisotopic (exact) mass is 334 g/mol. The number of hydrogen-bond acceptors (Lipinski definition) is 3. The molecule has 0 radical (unpaired) electrons. The summed E-state index contributed by atoms with van der Waals surface area (Å²) in [5, 5.41) is 7.03. The first-order valence-electron chi connectivity index (χ1n) is 9.40. The van der Waals surface area contributed by atoms with Crippen LogP contribution in [-0.2, 0) is 6.54 Å². The second-order valence-electron chi connectivity index (χ2n) is 6.63. The summed E-state index contributed by atoms with van der Waals surface area (Å²) in [5.74, 6) is 2.04. The molecule has 1 fully saturated rings. The zero-order chi connectivity index (χ0) is 17.2. The van der Waals surface area contributed by atoms with Crippen molar-refractivity contribution in [3.63, 3.8) is 0 Å². The molecule has 2 N–H and O–H groups in total. The van der Waals surface area contributed by atoms with Gasteiger partial charge in [0.2, 0.25) is 0 Å². The number of aromatic nitrogens is 2. The van der Waals surface area contributed by atoms with Crippen LogP contribution in [-0.4, -0.2) is 59.7 Å². The summed E-state index contributed by atoms with van der Waals surface area (Å²) in [6.45, 7) is 9.94. The minimum absolute atomic E-state index is 0.554. The maximum atomic E-state index is 4.36. The molecular weight excluding hydrogens is 300 g/mol. The number of hydrogen-bond donors (Lipinski definition) is 2. The van der Waals surface area contributed by atoms with E-state index < -0.39 is 0 Å².